The number of hydrogen-bond donors (Lipinski definition) is 0. The van der Waals surface area contributed by atoms with E-state index in [0.717, 1.165) is 0 Å². The van der Waals surface area contributed by atoms with Crippen LogP contribution < -0.4 is 9.64 Å². The maximum atomic E-state index is 12.0. The number of ether oxygens (including phenoxy) is 1. The fraction of sp³-hybridized carbons (Fsp3) is 0.133. The second-order valence-electron chi connectivity index (χ2n) is 4.55. The highest BCUT2D eigenvalue weighted by molar-refractivity contribution is 8.07. The van der Waals surface area contributed by atoms with Crippen molar-refractivity contribution in [3.05, 3.63) is 54.6 Å². The maximum absolute atomic E-state index is 12.0. The summed E-state index contributed by atoms with van der Waals surface area (Å²) in [7, 11) is -3.90. The average Bonchev–Trinajstić information content (AvgIpc) is 2.70. The molecule has 3 rings (SSSR count). The van der Waals surface area contributed by atoms with Gasteiger partial charge >= 0.3 is 5.24 Å². The first kappa shape index (κ1) is 13.6. The minimum Gasteiger partial charge on any atom is -0.492 e. The molecule has 0 saturated carbocycles. The van der Waals surface area contributed by atoms with Crippen LogP contribution in [0.4, 0.5) is 10.5 Å². The lowest BCUT2D eigenvalue weighted by Gasteiger charge is -2.16. The predicted molar refractivity (Wildman–Crippen MR) is 78.3 cm³/mol. The molecule has 2 aromatic rings. The van der Waals surface area contributed by atoms with Crippen LogP contribution in [0.3, 0.4) is 0 Å². The highest BCUT2D eigenvalue weighted by Crippen LogP contribution is 2.34. The number of carbonyl (C=O) groups is 1. The number of fused-ring (bicyclic) bond motifs is 1. The fourth-order valence-corrected chi connectivity index (χ4v) is 3.61. The van der Waals surface area contributed by atoms with Gasteiger partial charge in [0, 0.05) is 0 Å². The monoisotopic (exact) mass is 303 g/mol. The third-order valence-corrected chi connectivity index (χ3v) is 4.83. The Balaban J connectivity index is 1.76. The number of rotatable bonds is 4. The molecular formula is C15H13NO4S. The summed E-state index contributed by atoms with van der Waals surface area (Å²) < 4.78 is 29.5. The number of nitrogens with zero attached hydrogens (tertiary/aromatic N) is 1. The lowest BCUT2D eigenvalue weighted by molar-refractivity contribution is 0.260. The average molecular weight is 303 g/mol. The number of carbonyl (C=O) groups excluding carboxylic acids is 1. The Labute approximate surface area is 122 Å². The highest BCUT2D eigenvalue weighted by Gasteiger charge is 2.41. The van der Waals surface area contributed by atoms with Gasteiger partial charge in [-0.1, -0.05) is 30.3 Å². The van der Waals surface area contributed by atoms with E-state index in [9.17, 15) is 13.2 Å². The Morgan fingerprint density at radius 3 is 2.38 bits per heavy atom. The van der Waals surface area contributed by atoms with E-state index in [0.29, 0.717) is 11.4 Å². The minimum atomic E-state index is -3.90. The molecule has 0 atom stereocenters. The fourth-order valence-electron chi connectivity index (χ4n) is 2.23. The van der Waals surface area contributed by atoms with Crippen molar-refractivity contribution in [1.82, 2.24) is 0 Å². The van der Waals surface area contributed by atoms with Crippen molar-refractivity contribution in [2.45, 2.75) is 4.90 Å². The van der Waals surface area contributed by atoms with Gasteiger partial charge in [-0.2, -0.15) is 0 Å². The first-order valence-corrected chi connectivity index (χ1v) is 7.92. The van der Waals surface area contributed by atoms with Crippen LogP contribution in [0.2, 0.25) is 0 Å². The van der Waals surface area contributed by atoms with Crippen molar-refractivity contribution in [1.29, 1.82) is 0 Å². The van der Waals surface area contributed by atoms with Gasteiger partial charge in [0.25, 0.3) is 9.84 Å². The molecule has 6 heteroatoms. The number of sulfone groups is 1. The smallest absolute Gasteiger partial charge is 0.348 e. The quantitative estimate of drug-likeness (QED) is 0.870. The van der Waals surface area contributed by atoms with Crippen molar-refractivity contribution < 1.29 is 17.9 Å². The zero-order chi connectivity index (χ0) is 14.9. The molecule has 1 heterocycles. The Hall–Kier alpha value is -2.34. The van der Waals surface area contributed by atoms with Crippen LogP contribution >= 0.6 is 0 Å². The van der Waals surface area contributed by atoms with E-state index in [1.807, 2.05) is 18.2 Å². The van der Waals surface area contributed by atoms with Crippen LogP contribution in [-0.2, 0) is 9.84 Å². The van der Waals surface area contributed by atoms with Gasteiger partial charge in [0.2, 0.25) is 0 Å². The van der Waals surface area contributed by atoms with Gasteiger partial charge in [-0.05, 0) is 24.3 Å². The normalized spacial score (nSPS) is 15.8. The molecule has 108 valence electrons. The van der Waals surface area contributed by atoms with Crippen molar-refractivity contribution in [3.8, 4) is 5.75 Å². The van der Waals surface area contributed by atoms with Gasteiger partial charge < -0.3 is 4.74 Å². The highest BCUT2D eigenvalue weighted by atomic mass is 32.2. The summed E-state index contributed by atoms with van der Waals surface area (Å²) >= 11 is 0. The summed E-state index contributed by atoms with van der Waals surface area (Å²) in [5.74, 6) is 0.681. The summed E-state index contributed by atoms with van der Waals surface area (Å²) in [5, 5.41) is -0.889. The molecule has 0 N–H and O–H groups in total. The molecule has 0 bridgehead atoms. The van der Waals surface area contributed by atoms with Crippen molar-refractivity contribution in [2.24, 2.45) is 0 Å². The van der Waals surface area contributed by atoms with Crippen LogP contribution in [0.5, 0.6) is 5.75 Å². The number of para-hydroxylation sites is 2. The second kappa shape index (κ2) is 5.21. The molecule has 2 aromatic carbocycles. The van der Waals surface area contributed by atoms with Crippen molar-refractivity contribution in [2.75, 3.05) is 18.1 Å². The first-order chi connectivity index (χ1) is 10.1. The Morgan fingerprint density at radius 1 is 0.952 bits per heavy atom. The van der Waals surface area contributed by atoms with Crippen LogP contribution in [0.1, 0.15) is 0 Å². The molecule has 0 spiro atoms. The zero-order valence-electron chi connectivity index (χ0n) is 11.1. The van der Waals surface area contributed by atoms with Crippen molar-refractivity contribution >= 4 is 20.8 Å². The second-order valence-corrected chi connectivity index (χ2v) is 6.35. The van der Waals surface area contributed by atoms with E-state index in [4.69, 9.17) is 4.74 Å². The Bertz CT molecular complexity index is 771. The molecule has 0 radical (unpaired) electrons. The third kappa shape index (κ3) is 2.38. The largest absolute Gasteiger partial charge is 0.492 e. The van der Waals surface area contributed by atoms with E-state index in [-0.39, 0.29) is 18.0 Å². The summed E-state index contributed by atoms with van der Waals surface area (Å²) in [6, 6.07) is 15.5. The summed E-state index contributed by atoms with van der Waals surface area (Å²) in [6.45, 7) is 0.406. The van der Waals surface area contributed by atoms with E-state index >= 15 is 0 Å². The van der Waals surface area contributed by atoms with Crippen molar-refractivity contribution in [3.63, 3.8) is 0 Å². The maximum Gasteiger partial charge on any atom is 0.348 e. The topological polar surface area (TPSA) is 63.7 Å². The number of hydrogen-bond acceptors (Lipinski definition) is 4. The summed E-state index contributed by atoms with van der Waals surface area (Å²) in [4.78, 5) is 13.3. The minimum absolute atomic E-state index is 0.0645. The van der Waals surface area contributed by atoms with Crippen LogP contribution in [0.15, 0.2) is 59.5 Å². The molecule has 0 aromatic heterocycles. The molecule has 0 unspecified atom stereocenters. The van der Waals surface area contributed by atoms with E-state index in [1.54, 1.807) is 30.3 Å². The number of amides is 1. The number of anilines is 1. The zero-order valence-corrected chi connectivity index (χ0v) is 11.9. The molecule has 1 amide bonds. The van der Waals surface area contributed by atoms with E-state index < -0.39 is 15.1 Å². The molecule has 0 saturated heterocycles. The van der Waals surface area contributed by atoms with Gasteiger partial charge in [0.05, 0.1) is 12.2 Å². The molecule has 1 aliphatic rings. The van der Waals surface area contributed by atoms with Gasteiger partial charge in [-0.15, -0.1) is 0 Å². The van der Waals surface area contributed by atoms with Gasteiger partial charge in [0.15, 0.2) is 0 Å². The van der Waals surface area contributed by atoms with Gasteiger partial charge in [-0.3, -0.25) is 9.69 Å². The molecule has 0 aliphatic carbocycles. The van der Waals surface area contributed by atoms with Crippen LogP contribution in [0, 0.1) is 0 Å². The molecule has 0 fully saturated rings. The third-order valence-electron chi connectivity index (χ3n) is 3.22. The summed E-state index contributed by atoms with van der Waals surface area (Å²) in [6.07, 6.45) is 0. The molecular weight excluding hydrogens is 290 g/mol. The SMILES string of the molecule is O=C1N(CCOc2ccccc2)c2ccccc2S1(=O)=O. The van der Waals surface area contributed by atoms with E-state index in [1.165, 1.54) is 11.0 Å². The lowest BCUT2D eigenvalue weighted by atomic mass is 10.3. The predicted octanol–water partition coefficient (Wildman–Crippen LogP) is 2.48. The summed E-state index contributed by atoms with van der Waals surface area (Å²) in [5.41, 5.74) is 0.416. The lowest BCUT2D eigenvalue weighted by Crippen LogP contribution is -2.32. The van der Waals surface area contributed by atoms with Gasteiger partial charge in [0.1, 0.15) is 17.3 Å². The molecule has 21 heavy (non-hydrogen) atoms. The Morgan fingerprint density at radius 2 is 1.62 bits per heavy atom. The first-order valence-electron chi connectivity index (χ1n) is 6.44. The van der Waals surface area contributed by atoms with Gasteiger partial charge in [-0.25, -0.2) is 8.42 Å². The van der Waals surface area contributed by atoms with Crippen LogP contribution in [0.25, 0.3) is 0 Å². The molecule has 5 nitrogen and oxygen atoms in total. The van der Waals surface area contributed by atoms with E-state index in [2.05, 4.69) is 0 Å². The Kier molecular flexibility index (Phi) is 3.39. The number of benzene rings is 2. The standard InChI is InChI=1S/C15H13NO4S/c17-15-16(10-11-20-12-6-2-1-3-7-12)13-8-4-5-9-14(13)21(15,18)19/h1-9H,10-11H2. The molecule has 1 aliphatic heterocycles. The van der Waals surface area contributed by atoms with Crippen LogP contribution in [-0.4, -0.2) is 26.8 Å².